The summed E-state index contributed by atoms with van der Waals surface area (Å²) in [7, 11) is 0. The minimum atomic E-state index is -0.974. The van der Waals surface area contributed by atoms with Crippen molar-refractivity contribution in [3.63, 3.8) is 0 Å². The van der Waals surface area contributed by atoms with Crippen LogP contribution < -0.4 is 5.73 Å². The van der Waals surface area contributed by atoms with Crippen LogP contribution in [0.25, 0.3) is 0 Å². The summed E-state index contributed by atoms with van der Waals surface area (Å²) in [5.41, 5.74) is 6.68. The van der Waals surface area contributed by atoms with Crippen molar-refractivity contribution in [1.82, 2.24) is 4.98 Å². The summed E-state index contributed by atoms with van der Waals surface area (Å²) in [6, 6.07) is 1.43. The third-order valence-corrected chi connectivity index (χ3v) is 1.87. The van der Waals surface area contributed by atoms with Crippen LogP contribution in [0.5, 0.6) is 0 Å². The molecule has 0 fully saturated rings. The lowest BCUT2D eigenvalue weighted by Gasteiger charge is -2.08. The molecular formula is C9H12N2O2. The second-order valence-corrected chi connectivity index (χ2v) is 2.83. The van der Waals surface area contributed by atoms with E-state index < -0.39 is 5.97 Å². The number of hydrogen-bond acceptors (Lipinski definition) is 3. The van der Waals surface area contributed by atoms with Crippen molar-refractivity contribution in [2.45, 2.75) is 19.4 Å². The largest absolute Gasteiger partial charge is 0.478 e. The first-order chi connectivity index (χ1) is 6.15. The highest BCUT2D eigenvalue weighted by Crippen LogP contribution is 2.13. The topological polar surface area (TPSA) is 76.2 Å². The highest BCUT2D eigenvalue weighted by molar-refractivity contribution is 5.87. The number of pyridine rings is 1. The third-order valence-electron chi connectivity index (χ3n) is 1.87. The molecule has 1 aromatic rings. The van der Waals surface area contributed by atoms with Gasteiger partial charge in [0.1, 0.15) is 0 Å². The second kappa shape index (κ2) is 4.00. The van der Waals surface area contributed by atoms with Gasteiger partial charge in [0.25, 0.3) is 0 Å². The Labute approximate surface area is 76.4 Å². The van der Waals surface area contributed by atoms with Crippen molar-refractivity contribution in [3.05, 3.63) is 29.6 Å². The van der Waals surface area contributed by atoms with E-state index in [0.717, 1.165) is 12.0 Å². The van der Waals surface area contributed by atoms with Crippen LogP contribution in [0.4, 0.5) is 0 Å². The maximum Gasteiger partial charge on any atom is 0.337 e. The molecule has 13 heavy (non-hydrogen) atoms. The lowest BCUT2D eigenvalue weighted by molar-refractivity contribution is 0.0696. The van der Waals surface area contributed by atoms with E-state index >= 15 is 0 Å². The van der Waals surface area contributed by atoms with Crippen LogP contribution in [-0.2, 0) is 0 Å². The van der Waals surface area contributed by atoms with Crippen molar-refractivity contribution in [2.24, 2.45) is 5.73 Å². The zero-order chi connectivity index (χ0) is 9.84. The predicted molar refractivity (Wildman–Crippen MR) is 48.4 cm³/mol. The Bertz CT molecular complexity index is 312. The van der Waals surface area contributed by atoms with Crippen molar-refractivity contribution in [1.29, 1.82) is 0 Å². The molecule has 0 bridgehead atoms. The van der Waals surface area contributed by atoms with Gasteiger partial charge in [-0.1, -0.05) is 6.92 Å². The average Bonchev–Trinajstić information content (AvgIpc) is 2.17. The van der Waals surface area contributed by atoms with Crippen LogP contribution in [0, 0.1) is 0 Å². The van der Waals surface area contributed by atoms with Crippen molar-refractivity contribution in [2.75, 3.05) is 0 Å². The Balaban J connectivity index is 2.98. The summed E-state index contributed by atoms with van der Waals surface area (Å²) in [5, 5.41) is 8.68. The fourth-order valence-corrected chi connectivity index (χ4v) is 1.01. The van der Waals surface area contributed by atoms with Crippen molar-refractivity contribution in [3.8, 4) is 0 Å². The number of nitrogens with two attached hydrogens (primary N) is 1. The molecule has 0 saturated carbocycles. The Kier molecular flexibility index (Phi) is 2.97. The van der Waals surface area contributed by atoms with Gasteiger partial charge in [0.05, 0.1) is 5.56 Å². The molecule has 0 aliphatic carbocycles. The van der Waals surface area contributed by atoms with Crippen molar-refractivity contribution >= 4 is 5.97 Å². The molecule has 1 aromatic heterocycles. The van der Waals surface area contributed by atoms with Crippen LogP contribution in [0.1, 0.15) is 35.3 Å². The first-order valence-electron chi connectivity index (χ1n) is 4.09. The molecule has 3 N–H and O–H groups in total. The number of rotatable bonds is 3. The summed E-state index contributed by atoms with van der Waals surface area (Å²) >= 11 is 0. The van der Waals surface area contributed by atoms with Crippen LogP contribution >= 0.6 is 0 Å². The fourth-order valence-electron chi connectivity index (χ4n) is 1.01. The van der Waals surface area contributed by atoms with Gasteiger partial charge < -0.3 is 10.8 Å². The zero-order valence-corrected chi connectivity index (χ0v) is 7.40. The monoisotopic (exact) mass is 180 g/mol. The average molecular weight is 180 g/mol. The van der Waals surface area contributed by atoms with E-state index in [1.165, 1.54) is 6.20 Å². The predicted octanol–water partition coefficient (Wildman–Crippen LogP) is 1.19. The molecule has 4 nitrogen and oxygen atoms in total. The number of nitrogens with zero attached hydrogens (tertiary/aromatic N) is 1. The highest BCUT2D eigenvalue weighted by Gasteiger charge is 2.07. The molecule has 0 aliphatic rings. The zero-order valence-electron chi connectivity index (χ0n) is 7.40. The quantitative estimate of drug-likeness (QED) is 0.732. The Morgan fingerprint density at radius 2 is 2.38 bits per heavy atom. The van der Waals surface area contributed by atoms with Gasteiger partial charge in [-0.3, -0.25) is 4.98 Å². The van der Waals surface area contributed by atoms with E-state index in [0.29, 0.717) is 0 Å². The van der Waals surface area contributed by atoms with Gasteiger partial charge >= 0.3 is 5.97 Å². The first kappa shape index (κ1) is 9.67. The minimum Gasteiger partial charge on any atom is -0.478 e. The van der Waals surface area contributed by atoms with Gasteiger partial charge in [-0.2, -0.15) is 0 Å². The molecule has 70 valence electrons. The maximum absolute atomic E-state index is 10.6. The van der Waals surface area contributed by atoms with Gasteiger partial charge in [0, 0.05) is 18.4 Å². The number of carbonyl (C=O) groups is 1. The summed E-state index contributed by atoms with van der Waals surface area (Å²) in [6.45, 7) is 1.94. The smallest absolute Gasteiger partial charge is 0.337 e. The summed E-state index contributed by atoms with van der Waals surface area (Å²) < 4.78 is 0. The molecule has 0 amide bonds. The van der Waals surface area contributed by atoms with Crippen LogP contribution in [0.2, 0.25) is 0 Å². The van der Waals surface area contributed by atoms with Gasteiger partial charge in [0.15, 0.2) is 0 Å². The minimum absolute atomic E-state index is 0.133. The molecule has 1 rings (SSSR count). The number of aromatic nitrogens is 1. The van der Waals surface area contributed by atoms with Gasteiger partial charge in [0.2, 0.25) is 0 Å². The van der Waals surface area contributed by atoms with E-state index in [1.807, 2.05) is 6.92 Å². The molecule has 0 aromatic carbocycles. The molecule has 0 saturated heterocycles. The number of carboxylic acid groups (broad SMARTS) is 1. The van der Waals surface area contributed by atoms with E-state index in [1.54, 1.807) is 12.3 Å². The Hall–Kier alpha value is -1.42. The molecule has 0 unspecified atom stereocenters. The summed E-state index contributed by atoms with van der Waals surface area (Å²) in [4.78, 5) is 14.4. The summed E-state index contributed by atoms with van der Waals surface area (Å²) in [5.74, 6) is -0.974. The van der Waals surface area contributed by atoms with Gasteiger partial charge in [-0.25, -0.2) is 4.79 Å². The van der Waals surface area contributed by atoms with E-state index in [-0.39, 0.29) is 11.6 Å². The van der Waals surface area contributed by atoms with Crippen LogP contribution in [0.3, 0.4) is 0 Å². The van der Waals surface area contributed by atoms with E-state index in [2.05, 4.69) is 4.98 Å². The van der Waals surface area contributed by atoms with E-state index in [4.69, 9.17) is 10.8 Å². The van der Waals surface area contributed by atoms with Gasteiger partial charge in [-0.15, -0.1) is 0 Å². The summed E-state index contributed by atoms with van der Waals surface area (Å²) in [6.07, 6.45) is 3.68. The highest BCUT2D eigenvalue weighted by atomic mass is 16.4. The SMILES string of the molecule is CC[C@@H](N)c1cncc(C(=O)O)c1. The standard InChI is InChI=1S/C9H12N2O2/c1-2-8(10)6-3-7(9(12)13)5-11-4-6/h3-5,8H,2,10H2,1H3,(H,12,13)/t8-/m1/s1. The lowest BCUT2D eigenvalue weighted by atomic mass is 10.1. The van der Waals surface area contributed by atoms with E-state index in [9.17, 15) is 4.79 Å². The molecule has 4 heteroatoms. The molecule has 1 heterocycles. The third kappa shape index (κ3) is 2.26. The van der Waals surface area contributed by atoms with Crippen LogP contribution in [0.15, 0.2) is 18.5 Å². The Morgan fingerprint density at radius 1 is 1.69 bits per heavy atom. The van der Waals surface area contributed by atoms with Gasteiger partial charge in [-0.05, 0) is 18.1 Å². The molecule has 0 aliphatic heterocycles. The second-order valence-electron chi connectivity index (χ2n) is 2.83. The molecule has 0 spiro atoms. The molecule has 1 atom stereocenters. The lowest BCUT2D eigenvalue weighted by Crippen LogP contribution is -2.10. The molecule has 0 radical (unpaired) electrons. The Morgan fingerprint density at radius 3 is 2.92 bits per heavy atom. The maximum atomic E-state index is 10.6. The normalized spacial score (nSPS) is 12.5. The van der Waals surface area contributed by atoms with Crippen LogP contribution in [-0.4, -0.2) is 16.1 Å². The first-order valence-corrected chi connectivity index (χ1v) is 4.09. The number of hydrogen-bond donors (Lipinski definition) is 2. The number of carboxylic acids is 1. The molecular weight excluding hydrogens is 168 g/mol. The number of aromatic carboxylic acids is 1. The fraction of sp³-hybridized carbons (Fsp3) is 0.333. The van der Waals surface area contributed by atoms with Crippen molar-refractivity contribution < 1.29 is 9.90 Å².